The Bertz CT molecular complexity index is 355. The van der Waals surface area contributed by atoms with Crippen molar-refractivity contribution in [3.8, 4) is 0 Å². The second kappa shape index (κ2) is 6.65. The third-order valence-corrected chi connectivity index (χ3v) is 4.63. The van der Waals surface area contributed by atoms with Gasteiger partial charge < -0.3 is 9.79 Å². The maximum Gasteiger partial charge on any atom is 1.00 e. The van der Waals surface area contributed by atoms with Crippen LogP contribution in [0.1, 0.15) is 11.1 Å². The first-order valence-electron chi connectivity index (χ1n) is 4.16. The zero-order valence-corrected chi connectivity index (χ0v) is 14.7. The molecule has 0 aromatic heterocycles. The molecule has 0 heterocycles. The van der Waals surface area contributed by atoms with Crippen molar-refractivity contribution >= 4 is 18.3 Å². The molecule has 0 radical (unpaired) electrons. The minimum absolute atomic E-state index is 0. The second-order valence-corrected chi connectivity index (χ2v) is 6.71. The van der Waals surface area contributed by atoms with Crippen LogP contribution in [0.15, 0.2) is 24.3 Å². The quantitative estimate of drug-likeness (QED) is 0.372. The normalized spacial score (nSPS) is 15.1. The van der Waals surface area contributed by atoms with Gasteiger partial charge in [-0.2, -0.15) is 0 Å². The molecule has 0 saturated carbocycles. The van der Waals surface area contributed by atoms with Crippen molar-refractivity contribution in [2.24, 2.45) is 0 Å². The Balaban J connectivity index is 0.000000980. The van der Waals surface area contributed by atoms with Gasteiger partial charge in [-0.25, -0.2) is 6.49 Å². The van der Waals surface area contributed by atoms with E-state index in [9.17, 15) is 9.79 Å². The van der Waals surface area contributed by atoms with E-state index in [0.717, 1.165) is 11.1 Å². The maximum atomic E-state index is 11.1. The largest absolute Gasteiger partial charge is 1.00 e. The van der Waals surface area contributed by atoms with Crippen LogP contribution in [0.5, 0.6) is 0 Å². The average Bonchev–Trinajstić information content (AvgIpc) is 2.45. The Hall–Kier alpha value is 1.79. The molecule has 0 fully saturated rings. The number of fused-ring (bicyclic) bond motifs is 1. The van der Waals surface area contributed by atoms with E-state index in [4.69, 9.17) is 0 Å². The van der Waals surface area contributed by atoms with Crippen molar-refractivity contribution < 1.29 is 68.9 Å². The summed E-state index contributed by atoms with van der Waals surface area (Å²) in [5.74, 6) is 0. The van der Waals surface area contributed by atoms with Crippen LogP contribution in [0.25, 0.3) is 0 Å². The van der Waals surface area contributed by atoms with Crippen molar-refractivity contribution in [3.63, 3.8) is 0 Å². The summed E-state index contributed by atoms with van der Waals surface area (Å²) in [4.78, 5) is 22.3. The fourth-order valence-electron chi connectivity index (χ4n) is 1.76. The molecular formula is C9H9Na2O2PS. The van der Waals surface area contributed by atoms with Gasteiger partial charge in [0.1, 0.15) is 0 Å². The molecule has 0 N–H and O–H groups in total. The minimum Gasteiger partial charge on any atom is -0.832 e. The van der Waals surface area contributed by atoms with Crippen LogP contribution in [-0.4, -0.2) is 5.66 Å². The molecule has 2 rings (SSSR count). The molecule has 1 aromatic rings. The molecule has 6 heteroatoms. The van der Waals surface area contributed by atoms with Gasteiger partial charge in [-0.15, -0.1) is 11.8 Å². The smallest absolute Gasteiger partial charge is 0.832 e. The van der Waals surface area contributed by atoms with Gasteiger partial charge in [0.2, 0.25) is 0 Å². The Morgan fingerprint density at radius 1 is 1.07 bits per heavy atom. The summed E-state index contributed by atoms with van der Waals surface area (Å²) in [6.07, 6.45) is 1.20. The first kappa shape index (κ1) is 16.8. The Morgan fingerprint density at radius 2 is 1.47 bits per heavy atom. The van der Waals surface area contributed by atoms with Gasteiger partial charge >= 0.3 is 59.1 Å². The summed E-state index contributed by atoms with van der Waals surface area (Å²) < 4.78 is 0. The number of hydrogen-bond acceptors (Lipinski definition) is 3. The van der Waals surface area contributed by atoms with E-state index in [1.807, 2.05) is 24.3 Å². The van der Waals surface area contributed by atoms with Crippen molar-refractivity contribution in [1.29, 1.82) is 0 Å². The fraction of sp³-hybridized carbons (Fsp3) is 0.333. The molecule has 15 heavy (non-hydrogen) atoms. The van der Waals surface area contributed by atoms with Crippen molar-refractivity contribution in [3.05, 3.63) is 35.4 Å². The van der Waals surface area contributed by atoms with E-state index in [-0.39, 0.29) is 64.8 Å². The zero-order valence-electron chi connectivity index (χ0n) is 8.97. The van der Waals surface area contributed by atoms with Crippen LogP contribution in [0.2, 0.25) is 0 Å². The molecule has 1 aliphatic carbocycles. The number of hydrogen-bond donors (Lipinski definition) is 0. The molecule has 0 saturated heterocycles. The summed E-state index contributed by atoms with van der Waals surface area (Å²) in [5, 5.41) is 0. The van der Waals surface area contributed by atoms with Gasteiger partial charge in [0, 0.05) is 0 Å². The second-order valence-electron chi connectivity index (χ2n) is 3.37. The van der Waals surface area contributed by atoms with Gasteiger partial charge in [0.25, 0.3) is 0 Å². The van der Waals surface area contributed by atoms with Crippen LogP contribution in [0, 0.1) is 0 Å². The van der Waals surface area contributed by atoms with Gasteiger partial charge in [0.05, 0.1) is 0 Å². The fourth-order valence-corrected chi connectivity index (χ4v) is 3.05. The van der Waals surface area contributed by atoms with E-state index in [2.05, 4.69) is 11.8 Å². The van der Waals surface area contributed by atoms with E-state index in [0.29, 0.717) is 12.8 Å². The minimum atomic E-state index is -3.56. The number of rotatable bonds is 1. The summed E-state index contributed by atoms with van der Waals surface area (Å²) in [6.45, 7) is -3.56. The molecule has 0 atom stereocenters. The van der Waals surface area contributed by atoms with E-state index in [1.165, 1.54) is 0 Å². The van der Waals surface area contributed by atoms with Gasteiger partial charge in [0.15, 0.2) is 0 Å². The Labute approximate surface area is 139 Å². The monoisotopic (exact) mass is 258 g/mol. The van der Waals surface area contributed by atoms with Crippen LogP contribution in [0.3, 0.4) is 0 Å². The van der Waals surface area contributed by atoms with E-state index < -0.39 is 6.49 Å². The van der Waals surface area contributed by atoms with Crippen molar-refractivity contribution in [1.82, 2.24) is 0 Å². The van der Waals surface area contributed by atoms with Gasteiger partial charge in [-0.1, -0.05) is 24.3 Å². The van der Waals surface area contributed by atoms with E-state index in [1.54, 1.807) is 0 Å². The average molecular weight is 258 g/mol. The predicted molar refractivity (Wildman–Crippen MR) is 51.9 cm³/mol. The third-order valence-electron chi connectivity index (χ3n) is 2.48. The van der Waals surface area contributed by atoms with Crippen LogP contribution in [0.4, 0.5) is 0 Å². The third kappa shape index (κ3) is 4.18. The molecule has 2 nitrogen and oxygen atoms in total. The molecule has 1 aliphatic rings. The molecule has 70 valence electrons. The predicted octanol–water partition coefficient (Wildman–Crippen LogP) is -5.81. The SMILES string of the molecule is [Na+].[Na+].[O-]P([O-])(=S)C1Cc2ccccc2C1. The summed E-state index contributed by atoms with van der Waals surface area (Å²) in [6, 6.07) is 7.81. The van der Waals surface area contributed by atoms with E-state index >= 15 is 0 Å². The summed E-state index contributed by atoms with van der Waals surface area (Å²) in [5.41, 5.74) is 1.92. The van der Waals surface area contributed by atoms with Crippen LogP contribution < -0.4 is 68.9 Å². The van der Waals surface area contributed by atoms with Gasteiger partial charge in [-0.05, 0) is 29.6 Å². The van der Waals surface area contributed by atoms with Crippen molar-refractivity contribution in [2.45, 2.75) is 18.5 Å². The van der Waals surface area contributed by atoms with Crippen LogP contribution >= 0.6 is 6.49 Å². The number of benzene rings is 1. The first-order chi connectivity index (χ1) is 6.07. The summed E-state index contributed by atoms with van der Waals surface area (Å²) in [7, 11) is 0. The zero-order chi connectivity index (χ0) is 9.47. The molecule has 0 aliphatic heterocycles. The van der Waals surface area contributed by atoms with Gasteiger partial charge in [-0.3, -0.25) is 0 Å². The topological polar surface area (TPSA) is 46.1 Å². The standard InChI is InChI=1S/C9H11O2PS.2Na/c10-12(11,13)9-5-7-3-1-2-4-8(7)6-9;;/h1-4,9H,5-6H2,(H2,10,11,13);;/q;2*+1/p-2. The maximum absolute atomic E-state index is 11.1. The molecule has 1 aromatic carbocycles. The first-order valence-corrected chi connectivity index (χ1v) is 6.86. The molecule has 0 bridgehead atoms. The van der Waals surface area contributed by atoms with Crippen LogP contribution in [-0.2, 0) is 24.6 Å². The molecular weight excluding hydrogens is 249 g/mol. The Morgan fingerprint density at radius 3 is 1.80 bits per heavy atom. The molecule has 0 amide bonds. The molecule has 0 unspecified atom stereocenters. The molecule has 0 spiro atoms. The summed E-state index contributed by atoms with van der Waals surface area (Å²) >= 11 is 4.49. The Kier molecular flexibility index (Phi) is 7.44. The van der Waals surface area contributed by atoms with Crippen molar-refractivity contribution in [2.75, 3.05) is 0 Å².